The van der Waals surface area contributed by atoms with Gasteiger partial charge in [-0.3, -0.25) is 4.79 Å². The average Bonchev–Trinajstić information content (AvgIpc) is 2.08. The zero-order chi connectivity index (χ0) is 7.78. The van der Waals surface area contributed by atoms with E-state index in [0.29, 0.717) is 12.0 Å². The molecule has 0 aromatic rings. The van der Waals surface area contributed by atoms with Crippen LogP contribution in [-0.4, -0.2) is 18.2 Å². The van der Waals surface area contributed by atoms with E-state index in [0.717, 1.165) is 0 Å². The van der Waals surface area contributed by atoms with Crippen LogP contribution < -0.4 is 0 Å². The molecular weight excluding hydrogens is 132 g/mol. The smallest absolute Gasteiger partial charge is 0.257 e. The lowest BCUT2D eigenvalue weighted by molar-refractivity contribution is -0.135. The van der Waals surface area contributed by atoms with E-state index >= 15 is 0 Å². The van der Waals surface area contributed by atoms with Crippen LogP contribution in [0.3, 0.4) is 0 Å². The summed E-state index contributed by atoms with van der Waals surface area (Å²) in [7, 11) is 0. The molecule has 0 spiro atoms. The Morgan fingerprint density at radius 2 is 2.30 bits per heavy atom. The fraction of sp³-hybridized carbons (Fsp3) is 0.571. The van der Waals surface area contributed by atoms with E-state index in [2.05, 4.69) is 6.58 Å². The normalized spacial score (nSPS) is 29.8. The van der Waals surface area contributed by atoms with Gasteiger partial charge in [0.1, 0.15) is 11.4 Å². The van der Waals surface area contributed by atoms with Gasteiger partial charge in [-0.15, -0.1) is 0 Å². The first-order chi connectivity index (χ1) is 4.56. The molecule has 0 saturated carbocycles. The molecular formula is C7H10O3. The van der Waals surface area contributed by atoms with Crippen molar-refractivity contribution in [2.45, 2.75) is 25.7 Å². The van der Waals surface area contributed by atoms with E-state index in [1.807, 2.05) is 0 Å². The Morgan fingerprint density at radius 3 is 2.50 bits per heavy atom. The Labute approximate surface area is 59.6 Å². The standard InChI is InChI=1S/C7H10O3/c1-5-7(2,3)10-6(4-8)9-5/h4,6H,1H2,2-3H3. The number of rotatable bonds is 1. The molecule has 0 amide bonds. The number of carbonyl (C=O) groups excluding carboxylic acids is 1. The number of ether oxygens (including phenoxy) is 2. The van der Waals surface area contributed by atoms with Gasteiger partial charge >= 0.3 is 0 Å². The summed E-state index contributed by atoms with van der Waals surface area (Å²) < 4.78 is 10.1. The van der Waals surface area contributed by atoms with Gasteiger partial charge in [-0.25, -0.2) is 0 Å². The van der Waals surface area contributed by atoms with Crippen molar-refractivity contribution in [3.63, 3.8) is 0 Å². The zero-order valence-electron chi connectivity index (χ0n) is 6.09. The molecule has 1 aliphatic rings. The van der Waals surface area contributed by atoms with Crippen LogP contribution in [0.2, 0.25) is 0 Å². The summed E-state index contributed by atoms with van der Waals surface area (Å²) in [6, 6.07) is 0. The summed E-state index contributed by atoms with van der Waals surface area (Å²) >= 11 is 0. The van der Waals surface area contributed by atoms with Crippen LogP contribution in [0.5, 0.6) is 0 Å². The van der Waals surface area contributed by atoms with E-state index in [4.69, 9.17) is 9.47 Å². The maximum absolute atomic E-state index is 10.1. The first-order valence-electron chi connectivity index (χ1n) is 3.05. The summed E-state index contributed by atoms with van der Waals surface area (Å²) in [6.45, 7) is 7.21. The Balaban J connectivity index is 2.70. The monoisotopic (exact) mass is 142 g/mol. The quantitative estimate of drug-likeness (QED) is 0.509. The molecule has 56 valence electrons. The molecule has 1 aliphatic heterocycles. The highest BCUT2D eigenvalue weighted by Gasteiger charge is 2.36. The van der Waals surface area contributed by atoms with Gasteiger partial charge in [0.2, 0.25) is 0 Å². The van der Waals surface area contributed by atoms with Gasteiger partial charge in [0, 0.05) is 0 Å². The van der Waals surface area contributed by atoms with Crippen molar-refractivity contribution in [3.8, 4) is 0 Å². The summed E-state index contributed by atoms with van der Waals surface area (Å²) in [5.74, 6) is 0.504. The predicted octanol–water partition coefficient (Wildman–Crippen LogP) is 0.850. The van der Waals surface area contributed by atoms with Crippen LogP contribution in [0.4, 0.5) is 0 Å². The third-order valence-electron chi connectivity index (χ3n) is 1.45. The molecule has 1 saturated heterocycles. The average molecular weight is 142 g/mol. The third-order valence-corrected chi connectivity index (χ3v) is 1.45. The second kappa shape index (κ2) is 2.09. The van der Waals surface area contributed by atoms with Crippen molar-refractivity contribution in [1.29, 1.82) is 0 Å². The van der Waals surface area contributed by atoms with Crippen molar-refractivity contribution in [1.82, 2.24) is 0 Å². The molecule has 1 fully saturated rings. The van der Waals surface area contributed by atoms with E-state index < -0.39 is 11.9 Å². The van der Waals surface area contributed by atoms with Gasteiger partial charge in [-0.1, -0.05) is 6.58 Å². The maximum atomic E-state index is 10.1. The SMILES string of the molecule is C=C1OC(C=O)OC1(C)C. The predicted molar refractivity (Wildman–Crippen MR) is 35.2 cm³/mol. The lowest BCUT2D eigenvalue weighted by Gasteiger charge is -2.13. The van der Waals surface area contributed by atoms with E-state index in [9.17, 15) is 4.79 Å². The van der Waals surface area contributed by atoms with Crippen LogP contribution in [0.1, 0.15) is 13.8 Å². The summed E-state index contributed by atoms with van der Waals surface area (Å²) in [6.07, 6.45) is -0.151. The Kier molecular flexibility index (Phi) is 1.52. The molecule has 10 heavy (non-hydrogen) atoms. The van der Waals surface area contributed by atoms with Crippen LogP contribution in [-0.2, 0) is 14.3 Å². The fourth-order valence-corrected chi connectivity index (χ4v) is 0.718. The molecule has 3 nitrogen and oxygen atoms in total. The van der Waals surface area contributed by atoms with E-state index in [-0.39, 0.29) is 0 Å². The summed E-state index contributed by atoms with van der Waals surface area (Å²) in [5, 5.41) is 0. The van der Waals surface area contributed by atoms with Crippen molar-refractivity contribution >= 4 is 6.29 Å². The Morgan fingerprint density at radius 1 is 1.70 bits per heavy atom. The highest BCUT2D eigenvalue weighted by molar-refractivity contribution is 5.55. The number of aldehydes is 1. The number of hydrogen-bond acceptors (Lipinski definition) is 3. The lowest BCUT2D eigenvalue weighted by atomic mass is 10.1. The van der Waals surface area contributed by atoms with Gasteiger partial charge in [0.15, 0.2) is 6.29 Å². The van der Waals surface area contributed by atoms with Gasteiger partial charge in [0.05, 0.1) is 0 Å². The highest BCUT2D eigenvalue weighted by Crippen LogP contribution is 2.29. The van der Waals surface area contributed by atoms with Crippen LogP contribution >= 0.6 is 0 Å². The zero-order valence-corrected chi connectivity index (χ0v) is 6.09. The topological polar surface area (TPSA) is 35.5 Å². The molecule has 0 aromatic heterocycles. The minimum atomic E-state index is -0.762. The van der Waals surface area contributed by atoms with Crippen LogP contribution in [0.15, 0.2) is 12.3 Å². The molecule has 0 aromatic carbocycles. The second-order valence-electron chi connectivity index (χ2n) is 2.67. The molecule has 0 N–H and O–H groups in total. The fourth-order valence-electron chi connectivity index (χ4n) is 0.718. The molecule has 0 aliphatic carbocycles. The van der Waals surface area contributed by atoms with Crippen LogP contribution in [0, 0.1) is 0 Å². The first-order valence-corrected chi connectivity index (χ1v) is 3.05. The first kappa shape index (κ1) is 7.28. The molecule has 1 rings (SSSR count). The highest BCUT2D eigenvalue weighted by atomic mass is 16.7. The second-order valence-corrected chi connectivity index (χ2v) is 2.67. The Bertz CT molecular complexity index is 172. The minimum absolute atomic E-state index is 0.504. The molecule has 0 radical (unpaired) electrons. The molecule has 0 bridgehead atoms. The summed E-state index contributed by atoms with van der Waals surface area (Å²) in [5.41, 5.74) is -0.522. The van der Waals surface area contributed by atoms with Crippen molar-refractivity contribution in [2.75, 3.05) is 0 Å². The van der Waals surface area contributed by atoms with Gasteiger partial charge in [-0.2, -0.15) is 0 Å². The molecule has 1 heterocycles. The Hall–Kier alpha value is -0.830. The molecule has 1 unspecified atom stereocenters. The van der Waals surface area contributed by atoms with Crippen molar-refractivity contribution < 1.29 is 14.3 Å². The maximum Gasteiger partial charge on any atom is 0.257 e. The van der Waals surface area contributed by atoms with Crippen molar-refractivity contribution in [2.24, 2.45) is 0 Å². The minimum Gasteiger partial charge on any atom is -0.460 e. The largest absolute Gasteiger partial charge is 0.460 e. The van der Waals surface area contributed by atoms with Gasteiger partial charge in [-0.05, 0) is 13.8 Å². The summed E-state index contributed by atoms with van der Waals surface area (Å²) in [4.78, 5) is 10.1. The number of carbonyl (C=O) groups is 1. The molecule has 1 atom stereocenters. The number of hydrogen-bond donors (Lipinski definition) is 0. The van der Waals surface area contributed by atoms with E-state index in [1.54, 1.807) is 13.8 Å². The lowest BCUT2D eigenvalue weighted by Crippen LogP contribution is -2.21. The van der Waals surface area contributed by atoms with Gasteiger partial charge in [0.25, 0.3) is 6.29 Å². The van der Waals surface area contributed by atoms with Crippen LogP contribution in [0.25, 0.3) is 0 Å². The van der Waals surface area contributed by atoms with E-state index in [1.165, 1.54) is 0 Å². The van der Waals surface area contributed by atoms with Crippen molar-refractivity contribution in [3.05, 3.63) is 12.3 Å². The van der Waals surface area contributed by atoms with Gasteiger partial charge < -0.3 is 9.47 Å². The molecule has 3 heteroatoms. The third kappa shape index (κ3) is 1.04.